The second kappa shape index (κ2) is 6.96. The van der Waals surface area contributed by atoms with Crippen molar-refractivity contribution in [1.29, 1.82) is 0 Å². The molecular formula is C16H21N5O3. The molecular weight excluding hydrogens is 310 g/mol. The number of hydrogen-bond acceptors (Lipinski definition) is 7. The molecule has 128 valence electrons. The highest BCUT2D eigenvalue weighted by molar-refractivity contribution is 5.92. The van der Waals surface area contributed by atoms with Crippen LogP contribution in [0.15, 0.2) is 29.0 Å². The van der Waals surface area contributed by atoms with Crippen LogP contribution >= 0.6 is 0 Å². The molecule has 0 aliphatic carbocycles. The number of amides is 1. The van der Waals surface area contributed by atoms with Gasteiger partial charge in [-0.05, 0) is 18.9 Å². The second-order valence-corrected chi connectivity index (χ2v) is 6.06. The summed E-state index contributed by atoms with van der Waals surface area (Å²) in [4.78, 5) is 22.4. The van der Waals surface area contributed by atoms with Gasteiger partial charge >= 0.3 is 0 Å². The van der Waals surface area contributed by atoms with Gasteiger partial charge in [0, 0.05) is 38.0 Å². The molecule has 2 aromatic heterocycles. The van der Waals surface area contributed by atoms with Crippen molar-refractivity contribution < 1.29 is 14.4 Å². The third-order valence-corrected chi connectivity index (χ3v) is 4.03. The summed E-state index contributed by atoms with van der Waals surface area (Å²) in [6, 6.07) is 3.39. The highest BCUT2D eigenvalue weighted by Crippen LogP contribution is 2.23. The molecule has 0 spiro atoms. The largest absolute Gasteiger partial charge is 0.386 e. The van der Waals surface area contributed by atoms with E-state index in [0.717, 1.165) is 12.8 Å². The van der Waals surface area contributed by atoms with Crippen molar-refractivity contribution in [2.24, 2.45) is 0 Å². The Morgan fingerprint density at radius 2 is 2.25 bits per heavy atom. The molecule has 0 aromatic carbocycles. The van der Waals surface area contributed by atoms with Crippen molar-refractivity contribution >= 4 is 11.9 Å². The van der Waals surface area contributed by atoms with Crippen LogP contribution in [-0.4, -0.2) is 51.4 Å². The van der Waals surface area contributed by atoms with Gasteiger partial charge in [0.05, 0.1) is 6.54 Å². The van der Waals surface area contributed by atoms with E-state index in [4.69, 9.17) is 4.52 Å². The van der Waals surface area contributed by atoms with Crippen LogP contribution in [0.3, 0.4) is 0 Å². The molecule has 0 saturated carbocycles. The number of nitrogens with one attached hydrogen (secondary N) is 1. The standard InChI is InChI=1S/C16H21N5O3/c1-2-4-12-9-13(20-24-12)14(22)19-10-16(23)5-8-21(11-16)15-17-6-3-7-18-15/h3,6-7,9,23H,2,4-5,8,10-11H2,1H3,(H,19,22). The number of nitrogens with zero attached hydrogens (tertiary/aromatic N) is 4. The van der Waals surface area contributed by atoms with Crippen molar-refractivity contribution in [3.63, 3.8) is 0 Å². The smallest absolute Gasteiger partial charge is 0.273 e. The summed E-state index contributed by atoms with van der Waals surface area (Å²) in [6.07, 6.45) is 5.54. The first-order valence-corrected chi connectivity index (χ1v) is 8.08. The van der Waals surface area contributed by atoms with Crippen LogP contribution in [0, 0.1) is 0 Å². The molecule has 3 heterocycles. The molecule has 1 atom stereocenters. The third kappa shape index (κ3) is 3.70. The lowest BCUT2D eigenvalue weighted by Gasteiger charge is -2.23. The van der Waals surface area contributed by atoms with Gasteiger partial charge in [0.15, 0.2) is 5.69 Å². The van der Waals surface area contributed by atoms with E-state index < -0.39 is 5.60 Å². The van der Waals surface area contributed by atoms with Gasteiger partial charge in [0.2, 0.25) is 5.95 Å². The van der Waals surface area contributed by atoms with Crippen LogP contribution in [0.5, 0.6) is 0 Å². The molecule has 8 nitrogen and oxygen atoms in total. The number of hydrogen-bond donors (Lipinski definition) is 2. The van der Waals surface area contributed by atoms with Gasteiger partial charge in [-0.15, -0.1) is 0 Å². The number of carbonyl (C=O) groups excluding carboxylic acids is 1. The Kier molecular flexibility index (Phi) is 4.75. The first-order chi connectivity index (χ1) is 11.6. The van der Waals surface area contributed by atoms with Crippen LogP contribution in [0.2, 0.25) is 0 Å². The van der Waals surface area contributed by atoms with Crippen LogP contribution in [-0.2, 0) is 6.42 Å². The fraction of sp³-hybridized carbons (Fsp3) is 0.500. The van der Waals surface area contributed by atoms with Crippen molar-refractivity contribution in [2.75, 3.05) is 24.5 Å². The quantitative estimate of drug-likeness (QED) is 0.806. The Labute approximate surface area is 139 Å². The molecule has 0 bridgehead atoms. The third-order valence-electron chi connectivity index (χ3n) is 4.03. The zero-order chi connectivity index (χ0) is 17.0. The van der Waals surface area contributed by atoms with Crippen molar-refractivity contribution in [3.8, 4) is 0 Å². The first kappa shape index (κ1) is 16.4. The van der Waals surface area contributed by atoms with E-state index in [1.807, 2.05) is 11.8 Å². The predicted molar refractivity (Wildman–Crippen MR) is 86.6 cm³/mol. The predicted octanol–water partition coefficient (Wildman–Crippen LogP) is 0.788. The fourth-order valence-electron chi connectivity index (χ4n) is 2.75. The zero-order valence-corrected chi connectivity index (χ0v) is 13.6. The van der Waals surface area contributed by atoms with Crippen LogP contribution < -0.4 is 10.2 Å². The van der Waals surface area contributed by atoms with Gasteiger partial charge in [0.25, 0.3) is 5.91 Å². The fourth-order valence-corrected chi connectivity index (χ4v) is 2.75. The lowest BCUT2D eigenvalue weighted by Crippen LogP contribution is -2.45. The summed E-state index contributed by atoms with van der Waals surface area (Å²) in [5.74, 6) is 0.930. The summed E-state index contributed by atoms with van der Waals surface area (Å²) in [5, 5.41) is 17.1. The topological polar surface area (TPSA) is 104 Å². The van der Waals surface area contributed by atoms with Gasteiger partial charge < -0.3 is 19.8 Å². The number of carbonyl (C=O) groups is 1. The summed E-state index contributed by atoms with van der Waals surface area (Å²) < 4.78 is 5.10. The van der Waals surface area contributed by atoms with E-state index in [0.29, 0.717) is 31.2 Å². The molecule has 24 heavy (non-hydrogen) atoms. The maximum atomic E-state index is 12.1. The van der Waals surface area contributed by atoms with E-state index >= 15 is 0 Å². The van der Waals surface area contributed by atoms with E-state index in [1.165, 1.54) is 0 Å². The molecule has 2 aromatic rings. The van der Waals surface area contributed by atoms with Gasteiger partial charge in [-0.3, -0.25) is 4.79 Å². The van der Waals surface area contributed by atoms with Crippen molar-refractivity contribution in [1.82, 2.24) is 20.4 Å². The second-order valence-electron chi connectivity index (χ2n) is 6.06. The minimum Gasteiger partial charge on any atom is -0.386 e. The molecule has 1 saturated heterocycles. The van der Waals surface area contributed by atoms with Gasteiger partial charge in [-0.2, -0.15) is 0 Å². The molecule has 1 unspecified atom stereocenters. The van der Waals surface area contributed by atoms with Crippen molar-refractivity contribution in [2.45, 2.75) is 31.8 Å². The highest BCUT2D eigenvalue weighted by Gasteiger charge is 2.37. The zero-order valence-electron chi connectivity index (χ0n) is 13.6. The van der Waals surface area contributed by atoms with E-state index in [2.05, 4.69) is 20.4 Å². The minimum absolute atomic E-state index is 0.144. The lowest BCUT2D eigenvalue weighted by atomic mass is 10.0. The monoisotopic (exact) mass is 331 g/mol. The van der Waals surface area contributed by atoms with Gasteiger partial charge in [0.1, 0.15) is 11.4 Å². The Bertz CT molecular complexity index is 690. The number of aryl methyl sites for hydroxylation is 1. The van der Waals surface area contributed by atoms with Crippen LogP contribution in [0.25, 0.3) is 0 Å². The molecule has 1 aliphatic heterocycles. The molecule has 1 aliphatic rings. The van der Waals surface area contributed by atoms with E-state index in [1.54, 1.807) is 24.5 Å². The number of aliphatic hydroxyl groups is 1. The Morgan fingerprint density at radius 1 is 1.46 bits per heavy atom. The molecule has 2 N–H and O–H groups in total. The number of rotatable bonds is 6. The number of anilines is 1. The van der Waals surface area contributed by atoms with Crippen LogP contribution in [0.1, 0.15) is 36.0 Å². The average molecular weight is 331 g/mol. The summed E-state index contributed by atoms with van der Waals surface area (Å²) in [5.41, 5.74) is -0.770. The highest BCUT2D eigenvalue weighted by atomic mass is 16.5. The van der Waals surface area contributed by atoms with Gasteiger partial charge in [-0.25, -0.2) is 9.97 Å². The molecule has 1 fully saturated rings. The van der Waals surface area contributed by atoms with Crippen LogP contribution in [0.4, 0.5) is 5.95 Å². The SMILES string of the molecule is CCCc1cc(C(=O)NCC2(O)CCN(c3ncccn3)C2)no1. The maximum Gasteiger partial charge on any atom is 0.273 e. The molecule has 0 radical (unpaired) electrons. The lowest BCUT2D eigenvalue weighted by molar-refractivity contribution is 0.0572. The molecule has 1 amide bonds. The maximum absolute atomic E-state index is 12.1. The number of aromatic nitrogens is 3. The Balaban J connectivity index is 1.55. The Morgan fingerprint density at radius 3 is 3.00 bits per heavy atom. The van der Waals surface area contributed by atoms with Crippen molar-refractivity contribution in [3.05, 3.63) is 36.0 Å². The molecule has 8 heteroatoms. The Hall–Kier alpha value is -2.48. The first-order valence-electron chi connectivity index (χ1n) is 8.08. The normalized spacial score (nSPS) is 20.3. The summed E-state index contributed by atoms with van der Waals surface area (Å²) in [7, 11) is 0. The summed E-state index contributed by atoms with van der Waals surface area (Å²) >= 11 is 0. The average Bonchev–Trinajstić information content (AvgIpc) is 3.22. The summed E-state index contributed by atoms with van der Waals surface area (Å²) in [6.45, 7) is 3.18. The minimum atomic E-state index is -1.01. The van der Waals surface area contributed by atoms with E-state index in [-0.39, 0.29) is 18.1 Å². The number of β-amino-alcohol motifs (C(OH)–C–C–N with tert-alkyl or cyclic N) is 1. The molecule has 3 rings (SSSR count). The van der Waals surface area contributed by atoms with E-state index in [9.17, 15) is 9.90 Å². The van der Waals surface area contributed by atoms with Gasteiger partial charge in [-0.1, -0.05) is 12.1 Å².